The molecule has 20 nitrogen and oxygen atoms in total. The summed E-state index contributed by atoms with van der Waals surface area (Å²) in [7, 11) is 0. The van der Waals surface area contributed by atoms with Gasteiger partial charge in [0, 0.05) is 40.2 Å². The number of rotatable bonds is 20. The minimum atomic E-state index is -1.51. The Bertz CT molecular complexity index is 1840. The molecule has 0 aromatic heterocycles. The number of carbonyl (C=O) groups excluding carboxylic acids is 6. The Morgan fingerprint density at radius 2 is 0.828 bits per heavy atom. The summed E-state index contributed by atoms with van der Waals surface area (Å²) in [4.78, 5) is 80.6. The molecule has 2 aromatic carbocycles. The maximum absolute atomic E-state index is 13.8. The van der Waals surface area contributed by atoms with Crippen LogP contribution in [0.3, 0.4) is 0 Å². The van der Waals surface area contributed by atoms with Gasteiger partial charge in [0.05, 0.1) is 98.7 Å². The standard InChI is InChI=1S/C32H38I6N6O14/c1-11(49)44(28-25(37)19(31(57)41-4-14(52)8-46)22(34)20(26(28)38)32(58)42-5-15(53)9-47)6-12(50)2-39-29(55)17-21(33)18(30(56)40-3-13(51)7-45)24(36)27(23(17)35)43-16(54)10-48/h12-15,45-48,50-53H,2-10H2,1H3,(H,39,55)(H,40,56)(H,41,57)(H,42,58)(H,43,54). The molecule has 4 atom stereocenters. The predicted octanol–water partition coefficient (Wildman–Crippen LogP) is -1.36. The van der Waals surface area contributed by atoms with Gasteiger partial charge in [0.15, 0.2) is 0 Å². The Labute approximate surface area is 412 Å². The molecule has 0 radical (unpaired) electrons. The summed E-state index contributed by atoms with van der Waals surface area (Å²) in [5, 5.41) is 90.1. The summed E-state index contributed by atoms with van der Waals surface area (Å²) in [6.07, 6.45) is -5.42. The molecule has 2 rings (SSSR count). The smallest absolute Gasteiger partial charge is 0.253 e. The van der Waals surface area contributed by atoms with Crippen LogP contribution in [0.5, 0.6) is 0 Å². The Hall–Kier alpha value is -0.680. The van der Waals surface area contributed by atoms with Crippen molar-refractivity contribution in [2.75, 3.05) is 69.4 Å². The molecule has 322 valence electrons. The molecule has 0 heterocycles. The zero-order valence-corrected chi connectivity index (χ0v) is 42.9. The number of aliphatic hydroxyl groups is 8. The Morgan fingerprint density at radius 3 is 1.12 bits per heavy atom. The van der Waals surface area contributed by atoms with E-state index in [-0.39, 0.29) is 74.7 Å². The Balaban J connectivity index is 2.61. The lowest BCUT2D eigenvalue weighted by Gasteiger charge is -2.29. The summed E-state index contributed by atoms with van der Waals surface area (Å²) in [5.74, 6) is -4.66. The van der Waals surface area contributed by atoms with Crippen molar-refractivity contribution >= 4 is 182 Å². The number of aliphatic hydroxyl groups excluding tert-OH is 8. The van der Waals surface area contributed by atoms with E-state index in [1.54, 1.807) is 136 Å². The van der Waals surface area contributed by atoms with E-state index in [9.17, 15) is 64.5 Å². The second kappa shape index (κ2) is 25.4. The van der Waals surface area contributed by atoms with Crippen molar-refractivity contribution in [2.24, 2.45) is 0 Å². The first-order valence-corrected chi connectivity index (χ1v) is 22.9. The SMILES string of the molecule is CC(=O)N(CC(O)CNC(=O)c1c(I)c(NC(=O)CO)c(I)c(C(=O)NCC(O)CO)c1I)c1c(I)c(C(=O)NCC(O)CO)c(I)c(C(=O)NCC(O)CO)c1I. The zero-order valence-electron chi connectivity index (χ0n) is 29.9. The number of nitrogens with zero attached hydrogens (tertiary/aromatic N) is 1. The minimum absolute atomic E-state index is 0.0151. The summed E-state index contributed by atoms with van der Waals surface area (Å²) in [5.41, 5.74) is -0.339. The fourth-order valence-corrected chi connectivity index (χ4v) is 13.8. The second-order valence-electron chi connectivity index (χ2n) is 11.9. The maximum Gasteiger partial charge on any atom is 0.253 e. The molecule has 4 unspecified atom stereocenters. The topological polar surface area (TPSA) is 328 Å². The van der Waals surface area contributed by atoms with Crippen molar-refractivity contribution in [3.8, 4) is 0 Å². The van der Waals surface area contributed by atoms with Crippen LogP contribution in [-0.2, 0) is 9.59 Å². The number of nitrogens with one attached hydrogen (secondary N) is 5. The van der Waals surface area contributed by atoms with Crippen molar-refractivity contribution in [3.63, 3.8) is 0 Å². The summed E-state index contributed by atoms with van der Waals surface area (Å²) >= 11 is 10.6. The second-order valence-corrected chi connectivity index (χ2v) is 18.4. The van der Waals surface area contributed by atoms with Gasteiger partial charge < -0.3 is 72.3 Å². The number of halogens is 6. The van der Waals surface area contributed by atoms with E-state index in [2.05, 4.69) is 26.6 Å². The molecule has 0 aliphatic carbocycles. The Morgan fingerprint density at radius 1 is 0.517 bits per heavy atom. The van der Waals surface area contributed by atoms with Crippen molar-refractivity contribution in [1.82, 2.24) is 21.3 Å². The van der Waals surface area contributed by atoms with E-state index >= 15 is 0 Å². The third-order valence-electron chi connectivity index (χ3n) is 7.60. The fraction of sp³-hybridized carbons (Fsp3) is 0.438. The lowest BCUT2D eigenvalue weighted by atomic mass is 10.1. The highest BCUT2D eigenvalue weighted by molar-refractivity contribution is 14.1. The zero-order chi connectivity index (χ0) is 44.2. The quantitative estimate of drug-likeness (QED) is 0.0682. The van der Waals surface area contributed by atoms with E-state index in [0.29, 0.717) is 0 Å². The largest absolute Gasteiger partial charge is 0.394 e. The molecule has 0 spiro atoms. The van der Waals surface area contributed by atoms with Crippen molar-refractivity contribution in [1.29, 1.82) is 0 Å². The van der Waals surface area contributed by atoms with Gasteiger partial charge in [0.25, 0.3) is 23.6 Å². The van der Waals surface area contributed by atoms with E-state index in [0.717, 1.165) is 11.8 Å². The number of benzene rings is 2. The number of anilines is 2. The maximum atomic E-state index is 13.8. The van der Waals surface area contributed by atoms with Gasteiger partial charge in [-0.3, -0.25) is 28.8 Å². The highest BCUT2D eigenvalue weighted by atomic mass is 127. The van der Waals surface area contributed by atoms with E-state index < -0.39 is 99.4 Å². The van der Waals surface area contributed by atoms with Gasteiger partial charge in [-0.1, -0.05) is 0 Å². The lowest BCUT2D eigenvalue weighted by molar-refractivity contribution is -0.119. The van der Waals surface area contributed by atoms with Crippen molar-refractivity contribution in [3.05, 3.63) is 43.7 Å². The monoisotopic (exact) mass is 1490 g/mol. The normalized spacial score (nSPS) is 13.2. The first kappa shape index (κ1) is 53.5. The molecular formula is C32H38I6N6O14. The summed E-state index contributed by atoms with van der Waals surface area (Å²) < 4.78 is 0.883. The average molecular weight is 1490 g/mol. The molecule has 2 aromatic rings. The lowest BCUT2D eigenvalue weighted by Crippen LogP contribution is -2.44. The third-order valence-corrected chi connectivity index (χ3v) is 14.0. The number of carbonyl (C=O) groups is 6. The number of amides is 6. The van der Waals surface area contributed by atoms with Crippen LogP contribution in [0.25, 0.3) is 0 Å². The van der Waals surface area contributed by atoms with Crippen LogP contribution in [-0.4, -0.2) is 160 Å². The van der Waals surface area contributed by atoms with Gasteiger partial charge in [-0.15, -0.1) is 0 Å². The molecule has 6 amide bonds. The van der Waals surface area contributed by atoms with Gasteiger partial charge >= 0.3 is 0 Å². The van der Waals surface area contributed by atoms with Gasteiger partial charge in [-0.2, -0.15) is 0 Å². The summed E-state index contributed by atoms with van der Waals surface area (Å²) in [6.45, 7) is -3.79. The van der Waals surface area contributed by atoms with Gasteiger partial charge in [-0.25, -0.2) is 0 Å². The first-order valence-electron chi connectivity index (χ1n) is 16.5. The summed E-state index contributed by atoms with van der Waals surface area (Å²) in [6, 6.07) is 0. The molecule has 0 aliphatic rings. The number of hydrogen-bond acceptors (Lipinski definition) is 14. The van der Waals surface area contributed by atoms with Crippen molar-refractivity contribution < 1.29 is 69.6 Å². The van der Waals surface area contributed by atoms with Crippen LogP contribution in [0.15, 0.2) is 0 Å². The van der Waals surface area contributed by atoms with Gasteiger partial charge in [0.1, 0.15) is 6.61 Å². The average Bonchev–Trinajstić information content (AvgIpc) is 3.17. The highest BCUT2D eigenvalue weighted by Gasteiger charge is 2.33. The first-order chi connectivity index (χ1) is 27.2. The van der Waals surface area contributed by atoms with Crippen LogP contribution in [0.4, 0.5) is 11.4 Å². The van der Waals surface area contributed by atoms with E-state index in [1.165, 1.54) is 0 Å². The molecule has 0 aliphatic heterocycles. The highest BCUT2D eigenvalue weighted by Crippen LogP contribution is 2.39. The van der Waals surface area contributed by atoms with Crippen LogP contribution in [0, 0.1) is 21.4 Å². The van der Waals surface area contributed by atoms with Crippen molar-refractivity contribution in [2.45, 2.75) is 31.3 Å². The van der Waals surface area contributed by atoms with Crippen LogP contribution in [0.1, 0.15) is 48.4 Å². The van der Waals surface area contributed by atoms with Crippen LogP contribution < -0.4 is 31.5 Å². The molecule has 13 N–H and O–H groups in total. The third kappa shape index (κ3) is 14.2. The predicted molar refractivity (Wildman–Crippen MR) is 258 cm³/mol. The number of hydrogen-bond donors (Lipinski definition) is 13. The molecule has 0 fully saturated rings. The van der Waals surface area contributed by atoms with Gasteiger partial charge in [0.2, 0.25) is 11.8 Å². The van der Waals surface area contributed by atoms with E-state index in [1.807, 2.05) is 0 Å². The molecule has 0 bridgehead atoms. The minimum Gasteiger partial charge on any atom is -0.394 e. The fourth-order valence-electron chi connectivity index (χ4n) is 4.68. The van der Waals surface area contributed by atoms with Crippen LogP contribution in [0.2, 0.25) is 0 Å². The van der Waals surface area contributed by atoms with Gasteiger partial charge in [-0.05, 0) is 136 Å². The molecule has 0 saturated carbocycles. The molecular weight excluding hydrogens is 1450 g/mol. The van der Waals surface area contributed by atoms with Crippen LogP contribution >= 0.6 is 136 Å². The Kier molecular flexibility index (Phi) is 23.4. The molecule has 0 saturated heterocycles. The molecule has 26 heteroatoms. The molecule has 58 heavy (non-hydrogen) atoms. The van der Waals surface area contributed by atoms with E-state index in [4.69, 9.17) is 5.11 Å².